The molecule has 19 heavy (non-hydrogen) atoms. The monoisotopic (exact) mass is 260 g/mol. The van der Waals surface area contributed by atoms with Crippen LogP contribution in [0.15, 0.2) is 24.3 Å². The van der Waals surface area contributed by atoms with Gasteiger partial charge < -0.3 is 5.73 Å². The number of benzene rings is 1. The van der Waals surface area contributed by atoms with E-state index in [1.807, 2.05) is 0 Å². The first-order valence-corrected chi connectivity index (χ1v) is 7.84. The van der Waals surface area contributed by atoms with Crippen molar-refractivity contribution in [1.29, 1.82) is 0 Å². The van der Waals surface area contributed by atoms with Gasteiger partial charge in [0.25, 0.3) is 0 Å². The summed E-state index contributed by atoms with van der Waals surface area (Å²) in [5.74, 6) is 0. The molecule has 0 heterocycles. The summed E-state index contributed by atoms with van der Waals surface area (Å²) in [5, 5.41) is 0. The Balaban J connectivity index is 2.10. The Morgan fingerprint density at radius 1 is 1.21 bits per heavy atom. The molecule has 0 aromatic heterocycles. The van der Waals surface area contributed by atoms with Crippen molar-refractivity contribution in [3.05, 3.63) is 35.4 Å². The summed E-state index contributed by atoms with van der Waals surface area (Å²) in [7, 11) is 0. The van der Waals surface area contributed by atoms with Gasteiger partial charge in [0, 0.05) is 18.6 Å². The molecule has 1 atom stereocenters. The molecule has 2 heteroatoms. The number of hydrogen-bond donors (Lipinski definition) is 1. The van der Waals surface area contributed by atoms with E-state index in [9.17, 15) is 0 Å². The minimum atomic E-state index is 0.407. The van der Waals surface area contributed by atoms with Gasteiger partial charge >= 0.3 is 0 Å². The minimum absolute atomic E-state index is 0.407. The van der Waals surface area contributed by atoms with Crippen LogP contribution in [-0.2, 0) is 6.42 Å². The number of aryl methyl sites for hydroxylation is 1. The zero-order valence-electron chi connectivity index (χ0n) is 12.4. The van der Waals surface area contributed by atoms with Gasteiger partial charge in [0.2, 0.25) is 0 Å². The van der Waals surface area contributed by atoms with Crippen molar-refractivity contribution in [2.75, 3.05) is 13.1 Å². The largest absolute Gasteiger partial charge is 0.329 e. The second kappa shape index (κ2) is 7.06. The topological polar surface area (TPSA) is 29.3 Å². The van der Waals surface area contributed by atoms with Crippen molar-refractivity contribution >= 4 is 0 Å². The molecular formula is C17H28N2. The molecule has 0 aliphatic heterocycles. The molecule has 1 fully saturated rings. The molecule has 0 bridgehead atoms. The van der Waals surface area contributed by atoms with Crippen LogP contribution >= 0.6 is 0 Å². The summed E-state index contributed by atoms with van der Waals surface area (Å²) >= 11 is 0. The fourth-order valence-corrected chi connectivity index (χ4v) is 2.78. The van der Waals surface area contributed by atoms with Crippen LogP contribution in [0.4, 0.5) is 0 Å². The Bertz CT molecular complexity index is 367. The van der Waals surface area contributed by atoms with E-state index in [1.54, 1.807) is 0 Å². The highest BCUT2D eigenvalue weighted by Gasteiger charge is 2.33. The molecule has 1 aliphatic carbocycles. The number of unbranched alkanes of at least 4 members (excludes halogenated alkanes) is 1. The van der Waals surface area contributed by atoms with Crippen molar-refractivity contribution in [2.24, 2.45) is 5.73 Å². The van der Waals surface area contributed by atoms with Gasteiger partial charge in [0.05, 0.1) is 0 Å². The predicted molar refractivity (Wildman–Crippen MR) is 82.3 cm³/mol. The predicted octanol–water partition coefficient (Wildman–Crippen LogP) is 3.51. The summed E-state index contributed by atoms with van der Waals surface area (Å²) in [6.07, 6.45) is 6.35. The first-order chi connectivity index (χ1) is 9.30. The Morgan fingerprint density at radius 2 is 1.89 bits per heavy atom. The molecule has 2 N–H and O–H groups in total. The van der Waals surface area contributed by atoms with E-state index in [0.29, 0.717) is 6.04 Å². The highest BCUT2D eigenvalue weighted by atomic mass is 15.2. The van der Waals surface area contributed by atoms with Gasteiger partial charge in [-0.1, -0.05) is 44.5 Å². The fraction of sp³-hybridized carbons (Fsp3) is 0.647. The zero-order valence-corrected chi connectivity index (χ0v) is 12.4. The van der Waals surface area contributed by atoms with Crippen LogP contribution in [-0.4, -0.2) is 24.0 Å². The van der Waals surface area contributed by atoms with Gasteiger partial charge in [-0.15, -0.1) is 0 Å². The molecule has 1 unspecified atom stereocenters. The summed E-state index contributed by atoms with van der Waals surface area (Å²) in [5.41, 5.74) is 8.87. The Morgan fingerprint density at radius 3 is 2.37 bits per heavy atom. The van der Waals surface area contributed by atoms with E-state index in [2.05, 4.69) is 43.0 Å². The van der Waals surface area contributed by atoms with Crippen LogP contribution in [0.2, 0.25) is 0 Å². The molecule has 1 aromatic rings. The van der Waals surface area contributed by atoms with E-state index in [-0.39, 0.29) is 0 Å². The Hall–Kier alpha value is -0.860. The summed E-state index contributed by atoms with van der Waals surface area (Å²) in [6, 6.07) is 10.2. The van der Waals surface area contributed by atoms with Crippen LogP contribution in [0, 0.1) is 0 Å². The van der Waals surface area contributed by atoms with Crippen LogP contribution in [0.3, 0.4) is 0 Å². The third kappa shape index (κ3) is 3.80. The molecule has 1 aromatic carbocycles. The second-order valence-electron chi connectivity index (χ2n) is 5.67. The first-order valence-electron chi connectivity index (χ1n) is 7.84. The van der Waals surface area contributed by atoms with Crippen molar-refractivity contribution in [3.8, 4) is 0 Å². The fourth-order valence-electron chi connectivity index (χ4n) is 2.78. The average Bonchev–Trinajstić information content (AvgIpc) is 3.28. The van der Waals surface area contributed by atoms with Crippen molar-refractivity contribution in [2.45, 2.75) is 58.0 Å². The molecule has 0 saturated heterocycles. The third-order valence-electron chi connectivity index (χ3n) is 4.18. The number of nitrogens with two attached hydrogens (primary N) is 1. The number of nitrogens with zero attached hydrogens (tertiary/aromatic N) is 1. The average molecular weight is 260 g/mol. The van der Waals surface area contributed by atoms with E-state index < -0.39 is 0 Å². The lowest BCUT2D eigenvalue weighted by Crippen LogP contribution is -2.36. The third-order valence-corrected chi connectivity index (χ3v) is 4.18. The highest BCUT2D eigenvalue weighted by molar-refractivity contribution is 5.25. The normalized spacial score (nSPS) is 16.8. The molecule has 0 amide bonds. The van der Waals surface area contributed by atoms with Crippen molar-refractivity contribution in [3.63, 3.8) is 0 Å². The maximum Gasteiger partial charge on any atom is 0.0473 e. The molecule has 106 valence electrons. The van der Waals surface area contributed by atoms with Crippen LogP contribution in [0.25, 0.3) is 0 Å². The molecular weight excluding hydrogens is 232 g/mol. The zero-order chi connectivity index (χ0) is 13.7. The SMILES string of the molecule is CCCCN(C1CC1)C(CN)c1ccc(CC)cc1. The lowest BCUT2D eigenvalue weighted by atomic mass is 10.0. The second-order valence-corrected chi connectivity index (χ2v) is 5.67. The van der Waals surface area contributed by atoms with E-state index in [1.165, 1.54) is 43.4 Å². The van der Waals surface area contributed by atoms with Gasteiger partial charge in [-0.3, -0.25) is 4.90 Å². The van der Waals surface area contributed by atoms with Crippen LogP contribution < -0.4 is 5.73 Å². The molecule has 1 saturated carbocycles. The maximum absolute atomic E-state index is 6.07. The van der Waals surface area contributed by atoms with Crippen molar-refractivity contribution < 1.29 is 0 Å². The van der Waals surface area contributed by atoms with Crippen molar-refractivity contribution in [1.82, 2.24) is 4.90 Å². The molecule has 2 rings (SSSR count). The molecule has 0 radical (unpaired) electrons. The van der Waals surface area contributed by atoms with Gasteiger partial charge in [-0.2, -0.15) is 0 Å². The number of rotatable bonds is 8. The highest BCUT2D eigenvalue weighted by Crippen LogP contribution is 2.34. The summed E-state index contributed by atoms with van der Waals surface area (Å²) in [4.78, 5) is 2.64. The minimum Gasteiger partial charge on any atom is -0.329 e. The quantitative estimate of drug-likeness (QED) is 0.775. The van der Waals surface area contributed by atoms with E-state index >= 15 is 0 Å². The number of hydrogen-bond acceptors (Lipinski definition) is 2. The van der Waals surface area contributed by atoms with E-state index in [0.717, 1.165) is 19.0 Å². The van der Waals surface area contributed by atoms with Gasteiger partial charge in [-0.25, -0.2) is 0 Å². The summed E-state index contributed by atoms with van der Waals surface area (Å²) in [6.45, 7) is 6.38. The Labute approximate surface area is 118 Å². The summed E-state index contributed by atoms with van der Waals surface area (Å²) < 4.78 is 0. The smallest absolute Gasteiger partial charge is 0.0473 e. The van der Waals surface area contributed by atoms with Gasteiger partial charge in [0.15, 0.2) is 0 Å². The standard InChI is InChI=1S/C17H28N2/c1-3-5-12-19(16-10-11-16)17(13-18)15-8-6-14(4-2)7-9-15/h6-9,16-17H,3-5,10-13,18H2,1-2H3. The Kier molecular flexibility index (Phi) is 5.41. The lowest BCUT2D eigenvalue weighted by Gasteiger charge is -2.31. The lowest BCUT2D eigenvalue weighted by molar-refractivity contribution is 0.188. The molecule has 1 aliphatic rings. The molecule has 0 spiro atoms. The maximum atomic E-state index is 6.07. The van der Waals surface area contributed by atoms with Crippen LogP contribution in [0.5, 0.6) is 0 Å². The van der Waals surface area contributed by atoms with E-state index in [4.69, 9.17) is 5.73 Å². The van der Waals surface area contributed by atoms with Crippen LogP contribution in [0.1, 0.15) is 56.7 Å². The first kappa shape index (κ1) is 14.5. The molecule has 2 nitrogen and oxygen atoms in total. The van der Waals surface area contributed by atoms with Gasteiger partial charge in [0.1, 0.15) is 0 Å². The van der Waals surface area contributed by atoms with Gasteiger partial charge in [-0.05, 0) is 43.4 Å².